The summed E-state index contributed by atoms with van der Waals surface area (Å²) in [7, 11) is 3.76. The van der Waals surface area contributed by atoms with E-state index in [1.807, 2.05) is 71.8 Å². The maximum Gasteiger partial charge on any atom is 0.416 e. The van der Waals surface area contributed by atoms with Crippen LogP contribution in [0.5, 0.6) is 0 Å². The minimum Gasteiger partial charge on any atom is -0.232 e. The zero-order chi connectivity index (χ0) is 21.0. The summed E-state index contributed by atoms with van der Waals surface area (Å²) >= 11 is 0. The summed E-state index contributed by atoms with van der Waals surface area (Å²) in [4.78, 5) is 0. The molecule has 0 radical (unpaired) electrons. The van der Waals surface area contributed by atoms with E-state index in [2.05, 4.69) is 0 Å². The van der Waals surface area contributed by atoms with Gasteiger partial charge in [-0.3, -0.25) is 0 Å². The first-order valence-electron chi connectivity index (χ1n) is 9.47. The molecule has 0 amide bonds. The van der Waals surface area contributed by atoms with E-state index in [1.54, 1.807) is 27.9 Å². The van der Waals surface area contributed by atoms with Gasteiger partial charge in [-0.15, -0.1) is 0 Å². The van der Waals surface area contributed by atoms with Gasteiger partial charge in [0.1, 0.15) is 11.4 Å². The number of rotatable bonds is 2. The first kappa shape index (κ1) is 18.4. The number of alkyl halides is 3. The van der Waals surface area contributed by atoms with E-state index < -0.39 is 11.7 Å². The summed E-state index contributed by atoms with van der Waals surface area (Å²) < 4.78 is 48.8. The van der Waals surface area contributed by atoms with Crippen LogP contribution in [0, 0.1) is 0 Å². The van der Waals surface area contributed by atoms with Crippen molar-refractivity contribution in [2.45, 2.75) is 6.18 Å². The SMILES string of the molecule is C[n+]1cn(-c2cc(-n3c[n+](C)c4ccccc43)cc(C(F)(F)F)c2)c2ccccc21. The molecule has 0 saturated carbocycles. The molecule has 30 heavy (non-hydrogen) atoms. The number of imidazole rings is 2. The average Bonchev–Trinajstić information content (AvgIpc) is 3.25. The van der Waals surface area contributed by atoms with Crippen LogP contribution in [0.25, 0.3) is 33.4 Å². The molecule has 0 aliphatic heterocycles. The van der Waals surface area contributed by atoms with Crippen LogP contribution in [0.4, 0.5) is 13.2 Å². The lowest BCUT2D eigenvalue weighted by Gasteiger charge is -2.09. The molecule has 0 unspecified atom stereocenters. The van der Waals surface area contributed by atoms with E-state index in [0.29, 0.717) is 11.4 Å². The molecule has 0 atom stereocenters. The number of hydrogen-bond donors (Lipinski definition) is 0. The lowest BCUT2D eigenvalue weighted by molar-refractivity contribution is -0.645. The second-order valence-corrected chi connectivity index (χ2v) is 7.41. The third kappa shape index (κ3) is 2.85. The lowest BCUT2D eigenvalue weighted by atomic mass is 10.1. The van der Waals surface area contributed by atoms with Gasteiger partial charge in [-0.25, -0.2) is 9.13 Å². The molecular formula is C23H19F3N4+2. The van der Waals surface area contributed by atoms with E-state index in [0.717, 1.165) is 22.1 Å². The van der Waals surface area contributed by atoms with Crippen molar-refractivity contribution >= 4 is 22.1 Å². The van der Waals surface area contributed by atoms with Crippen LogP contribution >= 0.6 is 0 Å². The van der Waals surface area contributed by atoms with E-state index >= 15 is 0 Å². The average molecular weight is 408 g/mol. The third-order valence-electron chi connectivity index (χ3n) is 5.41. The summed E-state index contributed by atoms with van der Waals surface area (Å²) in [5.41, 5.74) is 3.79. The number of para-hydroxylation sites is 4. The van der Waals surface area contributed by atoms with Gasteiger partial charge in [0, 0.05) is 6.07 Å². The maximum atomic E-state index is 13.8. The molecule has 2 heterocycles. The Kier molecular flexibility index (Phi) is 3.96. The Balaban J connectivity index is 1.81. The van der Waals surface area contributed by atoms with Crippen LogP contribution < -0.4 is 9.13 Å². The van der Waals surface area contributed by atoms with Crippen molar-refractivity contribution in [3.8, 4) is 11.4 Å². The Bertz CT molecular complexity index is 1310. The largest absolute Gasteiger partial charge is 0.416 e. The molecular weight excluding hydrogens is 389 g/mol. The molecule has 5 rings (SSSR count). The molecule has 0 bridgehead atoms. The highest BCUT2D eigenvalue weighted by Gasteiger charge is 2.33. The smallest absolute Gasteiger partial charge is 0.232 e. The number of hydrogen-bond acceptors (Lipinski definition) is 0. The van der Waals surface area contributed by atoms with Gasteiger partial charge in [-0.05, 0) is 36.4 Å². The number of aryl methyl sites for hydroxylation is 2. The first-order valence-corrected chi connectivity index (χ1v) is 9.47. The normalized spacial score (nSPS) is 12.2. The van der Waals surface area contributed by atoms with E-state index in [9.17, 15) is 13.2 Å². The lowest BCUT2D eigenvalue weighted by Crippen LogP contribution is -2.25. The van der Waals surface area contributed by atoms with Gasteiger partial charge in [0.05, 0.1) is 19.7 Å². The standard InChI is InChI=1S/C23H19F3N4/c1-27-14-29(21-9-5-3-7-19(21)27)17-11-16(23(24,25)26)12-18(13-17)30-15-28(2)20-8-4-6-10-22(20)30/h3-15H,1-2H3/q+2. The maximum absolute atomic E-state index is 13.8. The summed E-state index contributed by atoms with van der Waals surface area (Å²) in [5.74, 6) is 0. The monoisotopic (exact) mass is 408 g/mol. The Morgan fingerprint density at radius 2 is 1.10 bits per heavy atom. The Morgan fingerprint density at radius 1 is 0.667 bits per heavy atom. The van der Waals surface area contributed by atoms with Crippen molar-refractivity contribution in [1.29, 1.82) is 0 Å². The molecule has 0 aliphatic carbocycles. The second-order valence-electron chi connectivity index (χ2n) is 7.41. The number of nitrogens with zero attached hydrogens (tertiary/aromatic N) is 4. The van der Waals surface area contributed by atoms with Crippen LogP contribution in [0.3, 0.4) is 0 Å². The van der Waals surface area contributed by atoms with E-state index in [-0.39, 0.29) is 0 Å². The highest BCUT2D eigenvalue weighted by molar-refractivity contribution is 5.76. The first-order chi connectivity index (χ1) is 14.3. The van der Waals surface area contributed by atoms with Crippen molar-refractivity contribution in [2.24, 2.45) is 14.1 Å². The molecule has 7 heteroatoms. The molecule has 5 aromatic rings. The minimum atomic E-state index is -4.46. The van der Waals surface area contributed by atoms with Crippen molar-refractivity contribution < 1.29 is 22.3 Å². The molecule has 0 fully saturated rings. The molecule has 3 aromatic carbocycles. The Morgan fingerprint density at radius 3 is 1.53 bits per heavy atom. The zero-order valence-electron chi connectivity index (χ0n) is 16.4. The fourth-order valence-corrected chi connectivity index (χ4v) is 3.98. The Labute approximate surface area is 170 Å². The second kappa shape index (κ2) is 6.45. The van der Waals surface area contributed by atoms with Gasteiger partial charge in [0.2, 0.25) is 12.7 Å². The number of fused-ring (bicyclic) bond motifs is 2. The van der Waals surface area contributed by atoms with Gasteiger partial charge in [-0.2, -0.15) is 22.3 Å². The van der Waals surface area contributed by atoms with Gasteiger partial charge in [0.25, 0.3) is 0 Å². The zero-order valence-corrected chi connectivity index (χ0v) is 16.4. The van der Waals surface area contributed by atoms with Crippen molar-refractivity contribution in [1.82, 2.24) is 9.13 Å². The summed E-state index contributed by atoms with van der Waals surface area (Å²) in [6, 6.07) is 19.5. The number of aromatic nitrogens is 4. The topological polar surface area (TPSA) is 17.6 Å². The Hall–Kier alpha value is -3.61. The van der Waals surface area contributed by atoms with Gasteiger partial charge in [-0.1, -0.05) is 24.3 Å². The minimum absolute atomic E-state index is 0.456. The van der Waals surface area contributed by atoms with Crippen LogP contribution in [0.2, 0.25) is 0 Å². The quantitative estimate of drug-likeness (QED) is 0.389. The summed E-state index contributed by atoms with van der Waals surface area (Å²) in [6.45, 7) is 0. The van der Waals surface area contributed by atoms with Crippen molar-refractivity contribution in [3.05, 3.63) is 84.9 Å². The molecule has 4 nitrogen and oxygen atoms in total. The van der Waals surface area contributed by atoms with Gasteiger partial charge < -0.3 is 0 Å². The van der Waals surface area contributed by atoms with Crippen LogP contribution in [0.15, 0.2) is 79.4 Å². The number of benzene rings is 3. The number of halogens is 3. The third-order valence-corrected chi connectivity index (χ3v) is 5.41. The molecule has 2 aromatic heterocycles. The molecule has 0 N–H and O–H groups in total. The molecule has 0 spiro atoms. The summed E-state index contributed by atoms with van der Waals surface area (Å²) in [6.07, 6.45) is -0.851. The summed E-state index contributed by atoms with van der Waals surface area (Å²) in [5, 5.41) is 0. The highest BCUT2D eigenvalue weighted by atomic mass is 19.4. The predicted molar refractivity (Wildman–Crippen MR) is 107 cm³/mol. The molecule has 0 saturated heterocycles. The fourth-order valence-electron chi connectivity index (χ4n) is 3.98. The van der Waals surface area contributed by atoms with Crippen LogP contribution in [0.1, 0.15) is 5.56 Å². The fraction of sp³-hybridized carbons (Fsp3) is 0.130. The van der Waals surface area contributed by atoms with E-state index in [1.165, 1.54) is 12.1 Å². The van der Waals surface area contributed by atoms with Crippen LogP contribution in [-0.4, -0.2) is 9.13 Å². The predicted octanol–water partition coefficient (Wildman–Crippen LogP) is 4.24. The molecule has 150 valence electrons. The highest BCUT2D eigenvalue weighted by Crippen LogP contribution is 2.33. The van der Waals surface area contributed by atoms with Gasteiger partial charge >= 0.3 is 6.18 Å². The van der Waals surface area contributed by atoms with Crippen LogP contribution in [-0.2, 0) is 20.3 Å². The van der Waals surface area contributed by atoms with Gasteiger partial charge in [0.15, 0.2) is 22.1 Å². The van der Waals surface area contributed by atoms with E-state index in [4.69, 9.17) is 0 Å². The van der Waals surface area contributed by atoms with Crippen molar-refractivity contribution in [2.75, 3.05) is 0 Å². The van der Waals surface area contributed by atoms with Crippen molar-refractivity contribution in [3.63, 3.8) is 0 Å². The molecule has 0 aliphatic rings.